The molecule has 2 aliphatic rings. The van der Waals surface area contributed by atoms with Crippen molar-refractivity contribution in [3.8, 4) is 11.3 Å². The number of thiazole rings is 1. The van der Waals surface area contributed by atoms with Crippen LogP contribution >= 0.6 is 11.3 Å². The number of nitrogens with one attached hydrogen (secondary N) is 1. The van der Waals surface area contributed by atoms with E-state index in [4.69, 9.17) is 9.72 Å². The number of hydrogen-bond acceptors (Lipinski definition) is 8. The third-order valence-electron chi connectivity index (χ3n) is 5.59. The second-order valence-electron chi connectivity index (χ2n) is 7.64. The van der Waals surface area contributed by atoms with Gasteiger partial charge in [-0.3, -0.25) is 14.1 Å². The van der Waals surface area contributed by atoms with Gasteiger partial charge in [-0.25, -0.2) is 19.9 Å². The maximum absolute atomic E-state index is 11.8. The summed E-state index contributed by atoms with van der Waals surface area (Å²) in [7, 11) is 0. The van der Waals surface area contributed by atoms with Gasteiger partial charge in [0.2, 0.25) is 0 Å². The molecule has 0 aliphatic carbocycles. The van der Waals surface area contributed by atoms with Crippen LogP contribution < -0.4 is 5.32 Å². The fourth-order valence-electron chi connectivity index (χ4n) is 3.97. The summed E-state index contributed by atoms with van der Waals surface area (Å²) in [6.07, 6.45) is 7.05. The van der Waals surface area contributed by atoms with E-state index in [0.29, 0.717) is 17.0 Å². The molecule has 1 fully saturated rings. The predicted octanol–water partition coefficient (Wildman–Crippen LogP) is 3.00. The first-order valence-corrected chi connectivity index (χ1v) is 11.2. The summed E-state index contributed by atoms with van der Waals surface area (Å²) in [6, 6.07) is 5.67. The Morgan fingerprint density at radius 3 is 3.00 bits per heavy atom. The monoisotopic (exact) mass is 445 g/mol. The minimum absolute atomic E-state index is 0.201. The van der Waals surface area contributed by atoms with Gasteiger partial charge in [-0.15, -0.1) is 11.3 Å². The molecule has 2 aliphatic heterocycles. The van der Waals surface area contributed by atoms with Gasteiger partial charge in [0.15, 0.2) is 16.6 Å². The molecule has 0 unspecified atom stereocenters. The zero-order valence-electron chi connectivity index (χ0n) is 17.1. The molecular weight excluding hydrogens is 426 g/mol. The molecule has 32 heavy (non-hydrogen) atoms. The Kier molecular flexibility index (Phi) is 4.75. The van der Waals surface area contributed by atoms with Gasteiger partial charge < -0.3 is 10.1 Å². The first-order valence-electron chi connectivity index (χ1n) is 10.3. The summed E-state index contributed by atoms with van der Waals surface area (Å²) in [6.45, 7) is 4.23. The van der Waals surface area contributed by atoms with E-state index >= 15 is 0 Å². The lowest BCUT2D eigenvalue weighted by Gasteiger charge is -2.25. The van der Waals surface area contributed by atoms with Crippen LogP contribution in [0.3, 0.4) is 0 Å². The normalized spacial score (nSPS) is 16.1. The average molecular weight is 446 g/mol. The minimum Gasteiger partial charge on any atom is -0.379 e. The van der Waals surface area contributed by atoms with Gasteiger partial charge in [0.05, 0.1) is 36.4 Å². The quantitative estimate of drug-likeness (QED) is 0.504. The first kappa shape index (κ1) is 19.2. The fraction of sp³-hybridized carbons (Fsp3) is 0.227. The van der Waals surface area contributed by atoms with Gasteiger partial charge >= 0.3 is 0 Å². The SMILES string of the molecule is O=C1N=Cc2cc(-c3cnc(Nc4nc(CN5CCOCC5)cs4)c4nccn34)ccc21. The summed E-state index contributed by atoms with van der Waals surface area (Å²) in [4.78, 5) is 31.8. The molecular formula is C22H19N7O2S. The van der Waals surface area contributed by atoms with Crippen molar-refractivity contribution in [2.75, 3.05) is 31.6 Å². The van der Waals surface area contributed by atoms with Crippen molar-refractivity contribution < 1.29 is 9.53 Å². The summed E-state index contributed by atoms with van der Waals surface area (Å²) in [5.74, 6) is 0.442. The number of aromatic nitrogens is 4. The van der Waals surface area contributed by atoms with Crippen LogP contribution in [0, 0.1) is 0 Å². The molecule has 6 rings (SSSR count). The van der Waals surface area contributed by atoms with Crippen molar-refractivity contribution in [2.45, 2.75) is 6.54 Å². The van der Waals surface area contributed by atoms with Crippen LogP contribution in [0.25, 0.3) is 16.9 Å². The summed E-state index contributed by atoms with van der Waals surface area (Å²) in [5.41, 5.74) is 5.00. The summed E-state index contributed by atoms with van der Waals surface area (Å²) in [5, 5.41) is 6.18. The van der Waals surface area contributed by atoms with Crippen LogP contribution in [0.1, 0.15) is 21.6 Å². The number of ether oxygens (including phenoxy) is 1. The predicted molar refractivity (Wildman–Crippen MR) is 122 cm³/mol. The smallest absolute Gasteiger partial charge is 0.277 e. The first-order chi connectivity index (χ1) is 15.7. The highest BCUT2D eigenvalue weighted by atomic mass is 32.1. The van der Waals surface area contributed by atoms with Gasteiger partial charge in [-0.05, 0) is 12.1 Å². The molecule has 1 amide bonds. The van der Waals surface area contributed by atoms with Crippen LogP contribution in [0.2, 0.25) is 0 Å². The third-order valence-corrected chi connectivity index (χ3v) is 6.40. The molecule has 0 atom stereocenters. The summed E-state index contributed by atoms with van der Waals surface area (Å²) >= 11 is 1.55. The standard InChI is InChI=1S/C22H19N7O2S/c30-21-17-2-1-14(9-15(17)10-25-21)18-11-24-19(20-23-3-4-29(18)20)27-22-26-16(13-32-22)12-28-5-7-31-8-6-28/h1-4,9-11,13H,5-8,12H2,(H,24,26,27). The zero-order chi connectivity index (χ0) is 21.5. The van der Waals surface area contributed by atoms with Gasteiger partial charge in [0.25, 0.3) is 5.91 Å². The molecule has 0 bridgehead atoms. The van der Waals surface area contributed by atoms with Crippen molar-refractivity contribution in [3.05, 3.63) is 59.0 Å². The third kappa shape index (κ3) is 3.48. The van der Waals surface area contributed by atoms with Crippen LogP contribution in [0.5, 0.6) is 0 Å². The van der Waals surface area contributed by atoms with Gasteiger partial charge in [-0.1, -0.05) is 6.07 Å². The van der Waals surface area contributed by atoms with Crippen LogP contribution in [0.4, 0.5) is 10.9 Å². The number of benzene rings is 1. The van der Waals surface area contributed by atoms with E-state index in [1.807, 2.05) is 22.7 Å². The van der Waals surface area contributed by atoms with E-state index in [0.717, 1.165) is 60.5 Å². The number of morpholine rings is 1. The topological polar surface area (TPSA) is 97.0 Å². The van der Waals surface area contributed by atoms with E-state index < -0.39 is 0 Å². The molecule has 1 N–H and O–H groups in total. The minimum atomic E-state index is -0.201. The number of rotatable bonds is 5. The zero-order valence-corrected chi connectivity index (χ0v) is 17.9. The molecule has 0 saturated carbocycles. The highest BCUT2D eigenvalue weighted by Gasteiger charge is 2.18. The number of hydrogen-bond donors (Lipinski definition) is 1. The van der Waals surface area contributed by atoms with Gasteiger partial charge in [-0.2, -0.15) is 0 Å². The lowest BCUT2D eigenvalue weighted by atomic mass is 10.0. The number of fused-ring (bicyclic) bond motifs is 2. The molecule has 1 saturated heterocycles. The highest BCUT2D eigenvalue weighted by molar-refractivity contribution is 7.13. The number of nitrogens with zero attached hydrogens (tertiary/aromatic N) is 6. The second-order valence-corrected chi connectivity index (χ2v) is 8.49. The Labute approximate surface area is 187 Å². The molecule has 3 aromatic heterocycles. The van der Waals surface area contributed by atoms with E-state index in [1.54, 1.807) is 36.0 Å². The van der Waals surface area contributed by atoms with Crippen molar-refractivity contribution in [1.82, 2.24) is 24.3 Å². The Morgan fingerprint density at radius 1 is 1.19 bits per heavy atom. The molecule has 160 valence electrons. The lowest BCUT2D eigenvalue weighted by Crippen LogP contribution is -2.35. The van der Waals surface area contributed by atoms with E-state index in [2.05, 4.69) is 30.6 Å². The van der Waals surface area contributed by atoms with Gasteiger partial charge in [0, 0.05) is 54.7 Å². The largest absolute Gasteiger partial charge is 0.379 e. The number of carbonyl (C=O) groups excluding carboxylic acids is 1. The summed E-state index contributed by atoms with van der Waals surface area (Å²) < 4.78 is 7.39. The van der Waals surface area contributed by atoms with Crippen molar-refractivity contribution in [2.24, 2.45) is 4.99 Å². The average Bonchev–Trinajstić information content (AvgIpc) is 3.56. The molecule has 0 spiro atoms. The van der Waals surface area contributed by atoms with Crippen LogP contribution in [-0.2, 0) is 11.3 Å². The molecule has 10 heteroatoms. The number of carbonyl (C=O) groups is 1. The molecule has 0 radical (unpaired) electrons. The maximum atomic E-state index is 11.8. The Bertz CT molecular complexity index is 1350. The number of aliphatic imine (C=N–C) groups is 1. The van der Waals surface area contributed by atoms with E-state index in [9.17, 15) is 4.79 Å². The van der Waals surface area contributed by atoms with Crippen LogP contribution in [-0.4, -0.2) is 62.7 Å². The molecule has 1 aromatic carbocycles. The molecule has 4 aromatic rings. The number of amides is 1. The maximum Gasteiger partial charge on any atom is 0.277 e. The molecule has 9 nitrogen and oxygen atoms in total. The Balaban J connectivity index is 1.27. The lowest BCUT2D eigenvalue weighted by molar-refractivity contribution is 0.0337. The fourth-order valence-corrected chi connectivity index (χ4v) is 4.67. The van der Waals surface area contributed by atoms with Crippen LogP contribution in [0.15, 0.2) is 47.2 Å². The highest BCUT2D eigenvalue weighted by Crippen LogP contribution is 2.28. The number of anilines is 2. The number of imidazole rings is 1. The van der Waals surface area contributed by atoms with Crippen molar-refractivity contribution in [1.29, 1.82) is 0 Å². The second kappa shape index (κ2) is 7.90. The van der Waals surface area contributed by atoms with E-state index in [-0.39, 0.29) is 5.91 Å². The molecule has 5 heterocycles. The Hall–Kier alpha value is -3.47. The van der Waals surface area contributed by atoms with Crippen molar-refractivity contribution >= 4 is 40.1 Å². The van der Waals surface area contributed by atoms with Gasteiger partial charge in [0.1, 0.15) is 0 Å². The van der Waals surface area contributed by atoms with Crippen molar-refractivity contribution in [3.63, 3.8) is 0 Å². The Morgan fingerprint density at radius 2 is 2.09 bits per heavy atom. The van der Waals surface area contributed by atoms with E-state index in [1.165, 1.54) is 0 Å².